The van der Waals surface area contributed by atoms with E-state index < -0.39 is 47.7 Å². The first-order valence-electron chi connectivity index (χ1n) is 9.19. The van der Waals surface area contributed by atoms with E-state index in [-0.39, 0.29) is 31.5 Å². The van der Waals surface area contributed by atoms with Gasteiger partial charge >= 0.3 is 11.6 Å². The Kier molecular flexibility index (Phi) is 8.73. The van der Waals surface area contributed by atoms with E-state index in [2.05, 4.69) is 15.3 Å². The number of aliphatic hydroxyl groups excluding tert-OH is 4. The molecule has 0 spiro atoms. The number of aliphatic hydroxyl groups is 4. The lowest BCUT2D eigenvalue weighted by atomic mass is 10.1. The Morgan fingerprint density at radius 2 is 2.03 bits per heavy atom. The van der Waals surface area contributed by atoms with Gasteiger partial charge in [-0.2, -0.15) is 4.98 Å². The molecule has 16 nitrogen and oxygen atoms in total. The van der Waals surface area contributed by atoms with E-state index in [4.69, 9.17) is 20.7 Å². The van der Waals surface area contributed by atoms with Gasteiger partial charge in [0, 0.05) is 12.7 Å². The molecule has 2 aromatic heterocycles. The summed E-state index contributed by atoms with van der Waals surface area (Å²) < 4.78 is 7.31. The van der Waals surface area contributed by atoms with E-state index in [9.17, 15) is 29.9 Å². The second-order valence-corrected chi connectivity index (χ2v) is 6.46. The molecule has 1 saturated heterocycles. The molecule has 3 heterocycles. The Morgan fingerprint density at radius 1 is 1.31 bits per heavy atom. The predicted molar refractivity (Wildman–Crippen MR) is 105 cm³/mol. The molecule has 1 amide bonds. The van der Waals surface area contributed by atoms with Gasteiger partial charge in [-0.3, -0.25) is 9.36 Å². The van der Waals surface area contributed by atoms with Crippen LogP contribution in [0.3, 0.4) is 0 Å². The molecule has 1 aliphatic rings. The Balaban J connectivity index is 0.000000229. The monoisotopic (exact) mass is 457 g/mol. The molecule has 3 rings (SSSR count). The quantitative estimate of drug-likeness (QED) is 0.174. The van der Waals surface area contributed by atoms with E-state index in [0.29, 0.717) is 0 Å². The predicted octanol–water partition coefficient (Wildman–Crippen LogP) is -3.66. The maximum absolute atomic E-state index is 11.5. The molecule has 1 aliphatic heterocycles. The highest BCUT2D eigenvalue weighted by Gasteiger charge is 2.43. The van der Waals surface area contributed by atoms with E-state index in [1.54, 1.807) is 0 Å². The largest absolute Gasteiger partial charge is 0.435 e. The number of nitrogens with one attached hydrogen (secondary N) is 1. The summed E-state index contributed by atoms with van der Waals surface area (Å²) in [6.07, 6.45) is -0.675. The lowest BCUT2D eigenvalue weighted by Crippen LogP contribution is -2.36. The normalized spacial score (nSPS) is 22.1. The summed E-state index contributed by atoms with van der Waals surface area (Å²) >= 11 is 0. The summed E-state index contributed by atoms with van der Waals surface area (Å²) in [6.45, 7) is -0.679. The molecule has 4 atom stereocenters. The fourth-order valence-electron chi connectivity index (χ4n) is 2.73. The van der Waals surface area contributed by atoms with Crippen LogP contribution in [0.25, 0.3) is 0 Å². The molecule has 0 bridgehead atoms. The van der Waals surface area contributed by atoms with Gasteiger partial charge in [0.15, 0.2) is 12.8 Å². The van der Waals surface area contributed by atoms with Crippen molar-refractivity contribution >= 4 is 17.7 Å². The highest BCUT2D eigenvalue weighted by atomic mass is 16.6. The van der Waals surface area contributed by atoms with Crippen molar-refractivity contribution in [1.29, 1.82) is 0 Å². The topological polar surface area (TPSA) is 241 Å². The minimum atomic E-state index is -1.31. The van der Waals surface area contributed by atoms with Crippen molar-refractivity contribution < 1.29 is 34.9 Å². The summed E-state index contributed by atoms with van der Waals surface area (Å²) in [4.78, 5) is 39.4. The molecule has 0 unspecified atom stereocenters. The van der Waals surface area contributed by atoms with Gasteiger partial charge in [-0.05, 0) is 11.0 Å². The fraction of sp³-hybridized carbons (Fsp3) is 0.500. The number of nitro groups is 1. The zero-order chi connectivity index (χ0) is 23.8. The number of aromatic nitrogens is 4. The average molecular weight is 457 g/mol. The summed E-state index contributed by atoms with van der Waals surface area (Å²) in [6, 6.07) is 1.37. The lowest BCUT2D eigenvalue weighted by molar-refractivity contribution is -0.396. The van der Waals surface area contributed by atoms with Gasteiger partial charge in [0.2, 0.25) is 0 Å². The van der Waals surface area contributed by atoms with Crippen LogP contribution in [0.2, 0.25) is 0 Å². The number of hydrogen-bond donors (Lipinski definition) is 6. The number of hydrogen-bond acceptors (Lipinski definition) is 12. The number of rotatable bonds is 7. The van der Waals surface area contributed by atoms with Crippen molar-refractivity contribution in [1.82, 2.24) is 24.4 Å². The maximum atomic E-state index is 11.5. The molecule has 0 saturated carbocycles. The van der Waals surface area contributed by atoms with Crippen LogP contribution in [0.1, 0.15) is 6.23 Å². The Bertz CT molecular complexity index is 979. The molecule has 16 heteroatoms. The number of imidazole rings is 1. The molecule has 1 fully saturated rings. The van der Waals surface area contributed by atoms with Crippen LogP contribution in [0.4, 0.5) is 11.8 Å². The molecule has 176 valence electrons. The van der Waals surface area contributed by atoms with E-state index in [1.165, 1.54) is 24.7 Å². The van der Waals surface area contributed by atoms with Crippen LogP contribution in [-0.4, -0.2) is 88.4 Å². The smallest absolute Gasteiger partial charge is 0.395 e. The number of ether oxygens (including phenoxy) is 1. The Morgan fingerprint density at radius 3 is 2.59 bits per heavy atom. The van der Waals surface area contributed by atoms with E-state index in [1.807, 2.05) is 0 Å². The third-order valence-corrected chi connectivity index (χ3v) is 4.25. The highest BCUT2D eigenvalue weighted by molar-refractivity contribution is 5.75. The van der Waals surface area contributed by atoms with Gasteiger partial charge in [-0.15, -0.1) is 0 Å². The van der Waals surface area contributed by atoms with Crippen molar-refractivity contribution in [2.45, 2.75) is 31.1 Å². The summed E-state index contributed by atoms with van der Waals surface area (Å²) in [5.74, 6) is -0.739. The van der Waals surface area contributed by atoms with Crippen LogP contribution >= 0.6 is 0 Å². The lowest BCUT2D eigenvalue weighted by Gasteiger charge is -2.16. The zero-order valence-corrected chi connectivity index (χ0v) is 16.6. The van der Waals surface area contributed by atoms with Crippen LogP contribution in [0, 0.1) is 10.1 Å². The third kappa shape index (κ3) is 6.05. The number of carbonyl (C=O) groups is 1. The average Bonchev–Trinajstić information content (AvgIpc) is 3.32. The first kappa shape index (κ1) is 24.8. The molecule has 0 aromatic carbocycles. The van der Waals surface area contributed by atoms with Gasteiger partial charge in [0.1, 0.15) is 36.5 Å². The van der Waals surface area contributed by atoms with Crippen molar-refractivity contribution in [3.05, 3.63) is 45.3 Å². The van der Waals surface area contributed by atoms with Crippen molar-refractivity contribution in [3.63, 3.8) is 0 Å². The Labute approximate surface area is 179 Å². The molecule has 32 heavy (non-hydrogen) atoms. The zero-order valence-electron chi connectivity index (χ0n) is 16.6. The summed E-state index contributed by atoms with van der Waals surface area (Å²) in [5.41, 5.74) is 4.63. The first-order valence-corrected chi connectivity index (χ1v) is 9.19. The van der Waals surface area contributed by atoms with Gasteiger partial charge in [0.25, 0.3) is 5.91 Å². The molecule has 7 N–H and O–H groups in total. The second-order valence-electron chi connectivity index (χ2n) is 6.46. The number of anilines is 1. The van der Waals surface area contributed by atoms with E-state index >= 15 is 0 Å². The van der Waals surface area contributed by atoms with Gasteiger partial charge in [-0.25, -0.2) is 9.36 Å². The van der Waals surface area contributed by atoms with Crippen LogP contribution < -0.4 is 16.7 Å². The minimum Gasteiger partial charge on any atom is -0.395 e. The molecular weight excluding hydrogens is 434 g/mol. The fourth-order valence-corrected chi connectivity index (χ4v) is 2.73. The van der Waals surface area contributed by atoms with Crippen molar-refractivity contribution in [3.8, 4) is 0 Å². The van der Waals surface area contributed by atoms with Gasteiger partial charge < -0.3 is 46.3 Å². The van der Waals surface area contributed by atoms with Crippen LogP contribution in [-0.2, 0) is 16.1 Å². The van der Waals surface area contributed by atoms with Crippen molar-refractivity contribution in [2.24, 2.45) is 0 Å². The third-order valence-electron chi connectivity index (χ3n) is 4.25. The summed E-state index contributed by atoms with van der Waals surface area (Å²) in [7, 11) is 0. The molecular formula is C16H23N7O9. The first-order chi connectivity index (χ1) is 15.2. The maximum Gasteiger partial charge on any atom is 0.435 e. The van der Waals surface area contributed by atoms with Gasteiger partial charge in [-0.1, -0.05) is 4.98 Å². The van der Waals surface area contributed by atoms with Crippen LogP contribution in [0.15, 0.2) is 29.5 Å². The van der Waals surface area contributed by atoms with Crippen LogP contribution in [0.5, 0.6) is 0 Å². The van der Waals surface area contributed by atoms with Gasteiger partial charge in [0.05, 0.1) is 13.2 Å². The standard InChI is InChI=1S/C9H13N3O5.C7H10N4O4/c10-5-1-2-12(9(16)11-5)8-7(15)6(14)4(3-13)17-8;12-4-2-8-6(13)5-10-3-1-9-7(10)11(14)15/h1-2,4,6-8,13-15H,3H2,(H2,10,11,16);1,3,12H,2,4-5H2,(H,8,13)/t4-,6-,7+,8-;/m1./s1. The highest BCUT2D eigenvalue weighted by Crippen LogP contribution is 2.27. The summed E-state index contributed by atoms with van der Waals surface area (Å²) in [5, 5.41) is 49.4. The number of nitrogens with zero attached hydrogens (tertiary/aromatic N) is 5. The number of amides is 1. The van der Waals surface area contributed by atoms with E-state index in [0.717, 1.165) is 9.13 Å². The number of nitrogens with two attached hydrogens (primary N) is 1. The second kappa shape index (κ2) is 11.3. The molecule has 2 aromatic rings. The number of nitrogen functional groups attached to an aromatic ring is 1. The van der Waals surface area contributed by atoms with Crippen molar-refractivity contribution in [2.75, 3.05) is 25.5 Å². The SMILES string of the molecule is Nc1ccn([C@@H]2O[C@H](CO)[C@@H](O)[C@@H]2O)c(=O)n1.O=C(Cn1ccnc1[N+](=O)[O-])NCCO. The number of carbonyl (C=O) groups excluding carboxylic acids is 1. The molecule has 0 radical (unpaired) electrons. The Hall–Kier alpha value is -3.44. The molecule has 0 aliphatic carbocycles. The minimum absolute atomic E-state index is 0.0537.